The zero-order chi connectivity index (χ0) is 43.0. The summed E-state index contributed by atoms with van der Waals surface area (Å²) >= 11 is 0. The molecule has 0 aromatic rings. The molecule has 0 saturated carbocycles. The van der Waals surface area contributed by atoms with E-state index in [0.29, 0.717) is 19.3 Å². The maximum Gasteiger partial charge on any atom is 0.306 e. The molecule has 0 saturated heterocycles. The first kappa shape index (κ1) is 55.9. The summed E-state index contributed by atoms with van der Waals surface area (Å²) in [7, 11) is 0. The largest absolute Gasteiger partial charge is 0.462 e. The molecule has 0 aliphatic carbocycles. The van der Waals surface area contributed by atoms with Crippen LogP contribution >= 0.6 is 0 Å². The van der Waals surface area contributed by atoms with Crippen LogP contribution in [0.3, 0.4) is 0 Å². The predicted molar refractivity (Wildman–Crippen MR) is 251 cm³/mol. The Bertz CT molecular complexity index is 1130. The summed E-state index contributed by atoms with van der Waals surface area (Å²) in [5.74, 6) is -0.926. The first-order chi connectivity index (χ1) is 29.0. The molecule has 0 radical (unpaired) electrons. The second-order valence-electron chi connectivity index (χ2n) is 16.1. The molecule has 0 N–H and O–H groups in total. The Hall–Kier alpha value is -3.15. The summed E-state index contributed by atoms with van der Waals surface area (Å²) in [5.41, 5.74) is 0. The standard InChI is InChI=1S/C53H90O6/c1-4-7-10-13-16-19-22-25-27-29-31-34-37-40-43-46-52(55)58-49-50(48-57-51(54)45-42-39-36-33-30-24-21-18-15-12-9-6-3)59-53(56)47-44-41-38-35-32-28-26-23-20-17-14-11-8-5-2/h7,9-10,12-13,16,18-19,21-22,25,27,50H,4-6,8,11,14-15,17,20,23-24,26,28-49H2,1-3H3/b10-7-,12-9-,16-13-,21-18-,22-19-,27-25-. The minimum atomic E-state index is -0.788. The Labute approximate surface area is 363 Å². The fraction of sp³-hybridized carbons (Fsp3) is 0.717. The average molecular weight is 823 g/mol. The number of rotatable bonds is 43. The summed E-state index contributed by atoms with van der Waals surface area (Å²) in [6, 6.07) is 0. The van der Waals surface area contributed by atoms with Gasteiger partial charge >= 0.3 is 17.9 Å². The fourth-order valence-electron chi connectivity index (χ4n) is 6.67. The van der Waals surface area contributed by atoms with E-state index in [-0.39, 0.29) is 31.1 Å². The molecule has 338 valence electrons. The SMILES string of the molecule is CC\C=C/C=C\C=C/C=C\CCCCCCCC(=O)OCC(COC(=O)CCCCCCC/C=C\C/C=C\CC)OC(=O)CCCCCCCCCCCCCCCC. The normalized spacial score (nSPS) is 12.7. The minimum absolute atomic E-state index is 0.0897. The maximum absolute atomic E-state index is 12.8. The van der Waals surface area contributed by atoms with Crippen LogP contribution in [-0.2, 0) is 28.6 Å². The van der Waals surface area contributed by atoms with E-state index in [9.17, 15) is 14.4 Å². The Morgan fingerprint density at radius 1 is 0.373 bits per heavy atom. The number of esters is 3. The molecule has 0 heterocycles. The summed E-state index contributed by atoms with van der Waals surface area (Å²) in [6.07, 6.45) is 58.8. The van der Waals surface area contributed by atoms with Crippen molar-refractivity contribution >= 4 is 17.9 Å². The lowest BCUT2D eigenvalue weighted by Gasteiger charge is -2.18. The molecule has 0 aliphatic rings. The van der Waals surface area contributed by atoms with Gasteiger partial charge in [-0.1, -0.05) is 216 Å². The third-order valence-electron chi connectivity index (χ3n) is 10.3. The van der Waals surface area contributed by atoms with E-state index in [1.54, 1.807) is 0 Å². The van der Waals surface area contributed by atoms with E-state index >= 15 is 0 Å². The second kappa shape index (κ2) is 47.5. The number of allylic oxidation sites excluding steroid dienone is 12. The van der Waals surface area contributed by atoms with Gasteiger partial charge in [-0.15, -0.1) is 0 Å². The van der Waals surface area contributed by atoms with Crippen molar-refractivity contribution in [1.29, 1.82) is 0 Å². The van der Waals surface area contributed by atoms with Gasteiger partial charge in [-0.25, -0.2) is 0 Å². The van der Waals surface area contributed by atoms with Crippen LogP contribution in [0.25, 0.3) is 0 Å². The van der Waals surface area contributed by atoms with Gasteiger partial charge in [0.2, 0.25) is 0 Å². The van der Waals surface area contributed by atoms with E-state index in [4.69, 9.17) is 14.2 Å². The summed E-state index contributed by atoms with van der Waals surface area (Å²) in [6.45, 7) is 6.35. The summed E-state index contributed by atoms with van der Waals surface area (Å²) < 4.78 is 16.7. The van der Waals surface area contributed by atoms with Crippen LogP contribution in [0.4, 0.5) is 0 Å². The highest BCUT2D eigenvalue weighted by atomic mass is 16.6. The molecule has 0 aromatic carbocycles. The zero-order valence-electron chi connectivity index (χ0n) is 38.5. The van der Waals surface area contributed by atoms with Gasteiger partial charge in [-0.05, 0) is 64.2 Å². The third kappa shape index (κ3) is 45.8. The highest BCUT2D eigenvalue weighted by molar-refractivity contribution is 5.71. The number of hydrogen-bond acceptors (Lipinski definition) is 6. The second-order valence-corrected chi connectivity index (χ2v) is 16.1. The van der Waals surface area contributed by atoms with Crippen molar-refractivity contribution in [3.05, 3.63) is 72.9 Å². The number of carbonyl (C=O) groups excluding carboxylic acids is 3. The molecule has 6 heteroatoms. The molecular weight excluding hydrogens is 733 g/mol. The molecule has 59 heavy (non-hydrogen) atoms. The maximum atomic E-state index is 12.8. The van der Waals surface area contributed by atoms with Crippen LogP contribution in [0.5, 0.6) is 0 Å². The van der Waals surface area contributed by atoms with Gasteiger partial charge in [0.15, 0.2) is 6.10 Å². The molecule has 0 aromatic heterocycles. The molecule has 0 amide bonds. The number of unbranched alkanes of at least 4 members (excludes halogenated alkanes) is 23. The molecule has 0 spiro atoms. The number of ether oxygens (including phenoxy) is 3. The molecule has 1 atom stereocenters. The first-order valence-electron chi connectivity index (χ1n) is 24.5. The van der Waals surface area contributed by atoms with Crippen molar-refractivity contribution in [3.8, 4) is 0 Å². The van der Waals surface area contributed by atoms with Crippen LogP contribution in [0, 0.1) is 0 Å². The Morgan fingerprint density at radius 2 is 0.746 bits per heavy atom. The average Bonchev–Trinajstić information content (AvgIpc) is 3.23. The zero-order valence-corrected chi connectivity index (χ0v) is 38.5. The summed E-state index contributed by atoms with van der Waals surface area (Å²) in [5, 5.41) is 0. The Kier molecular flexibility index (Phi) is 45.0. The molecule has 6 nitrogen and oxygen atoms in total. The smallest absolute Gasteiger partial charge is 0.306 e. The van der Waals surface area contributed by atoms with Gasteiger partial charge < -0.3 is 14.2 Å². The van der Waals surface area contributed by atoms with Gasteiger partial charge in [0.25, 0.3) is 0 Å². The lowest BCUT2D eigenvalue weighted by Crippen LogP contribution is -2.30. The fourth-order valence-corrected chi connectivity index (χ4v) is 6.67. The van der Waals surface area contributed by atoms with Gasteiger partial charge in [0.05, 0.1) is 0 Å². The molecule has 1 unspecified atom stereocenters. The molecule has 0 fully saturated rings. The van der Waals surface area contributed by atoms with Crippen LogP contribution < -0.4 is 0 Å². The Balaban J connectivity index is 4.43. The number of carbonyl (C=O) groups is 3. The molecule has 0 rings (SSSR count). The van der Waals surface area contributed by atoms with Crippen molar-refractivity contribution in [2.75, 3.05) is 13.2 Å². The molecule has 0 bridgehead atoms. The van der Waals surface area contributed by atoms with E-state index < -0.39 is 6.10 Å². The number of hydrogen-bond donors (Lipinski definition) is 0. The predicted octanol–water partition coefficient (Wildman–Crippen LogP) is 15.9. The van der Waals surface area contributed by atoms with Crippen LogP contribution in [0.2, 0.25) is 0 Å². The summed E-state index contributed by atoms with van der Waals surface area (Å²) in [4.78, 5) is 37.9. The van der Waals surface area contributed by atoms with Gasteiger partial charge in [0, 0.05) is 19.3 Å². The van der Waals surface area contributed by atoms with E-state index in [1.165, 1.54) is 70.6 Å². The van der Waals surface area contributed by atoms with E-state index in [0.717, 1.165) is 116 Å². The monoisotopic (exact) mass is 823 g/mol. The first-order valence-corrected chi connectivity index (χ1v) is 24.5. The van der Waals surface area contributed by atoms with Crippen LogP contribution in [-0.4, -0.2) is 37.2 Å². The Morgan fingerprint density at radius 3 is 1.22 bits per heavy atom. The van der Waals surface area contributed by atoms with E-state index in [2.05, 4.69) is 75.5 Å². The lowest BCUT2D eigenvalue weighted by atomic mass is 10.0. The highest BCUT2D eigenvalue weighted by Crippen LogP contribution is 2.15. The van der Waals surface area contributed by atoms with Crippen molar-refractivity contribution in [1.82, 2.24) is 0 Å². The van der Waals surface area contributed by atoms with Crippen LogP contribution in [0.1, 0.15) is 226 Å². The highest BCUT2D eigenvalue weighted by Gasteiger charge is 2.19. The van der Waals surface area contributed by atoms with Crippen LogP contribution in [0.15, 0.2) is 72.9 Å². The van der Waals surface area contributed by atoms with Crippen molar-refractivity contribution < 1.29 is 28.6 Å². The van der Waals surface area contributed by atoms with Gasteiger partial charge in [-0.2, -0.15) is 0 Å². The lowest BCUT2D eigenvalue weighted by molar-refractivity contribution is -0.167. The van der Waals surface area contributed by atoms with Gasteiger partial charge in [0.1, 0.15) is 13.2 Å². The quantitative estimate of drug-likeness (QED) is 0.0200. The van der Waals surface area contributed by atoms with Crippen molar-refractivity contribution in [2.45, 2.75) is 232 Å². The minimum Gasteiger partial charge on any atom is -0.462 e. The molecule has 0 aliphatic heterocycles. The molecular formula is C53H90O6. The third-order valence-corrected chi connectivity index (χ3v) is 10.3. The van der Waals surface area contributed by atoms with Gasteiger partial charge in [-0.3, -0.25) is 14.4 Å². The van der Waals surface area contributed by atoms with E-state index in [1.807, 2.05) is 18.2 Å². The van der Waals surface area contributed by atoms with Crippen molar-refractivity contribution in [2.24, 2.45) is 0 Å². The van der Waals surface area contributed by atoms with Crippen molar-refractivity contribution in [3.63, 3.8) is 0 Å². The topological polar surface area (TPSA) is 78.9 Å².